The number of nitrogens with one attached hydrogen (secondary N) is 1. The summed E-state index contributed by atoms with van der Waals surface area (Å²) in [4.78, 5) is 13.0. The molecule has 1 amide bonds. The van der Waals surface area contributed by atoms with Gasteiger partial charge in [-0.15, -0.1) is 0 Å². The number of carbonyl (C=O) groups excluding carboxylic acids is 1. The van der Waals surface area contributed by atoms with Crippen LogP contribution in [0.5, 0.6) is 11.5 Å². The van der Waals surface area contributed by atoms with Crippen molar-refractivity contribution in [3.8, 4) is 22.6 Å². The number of amides is 1. The number of hydrogen-bond acceptors (Lipinski definition) is 3. The molecule has 172 valence electrons. The van der Waals surface area contributed by atoms with E-state index in [0.717, 1.165) is 45.7 Å². The van der Waals surface area contributed by atoms with Crippen LogP contribution in [0.2, 0.25) is 0 Å². The molecule has 0 saturated carbocycles. The molecule has 1 N–H and O–H groups in total. The van der Waals surface area contributed by atoms with Crippen molar-refractivity contribution in [3.63, 3.8) is 0 Å². The van der Waals surface area contributed by atoms with Crippen LogP contribution in [-0.2, 0) is 13.0 Å². The monoisotopic (exact) mass is 451 g/mol. The zero-order valence-electron chi connectivity index (χ0n) is 19.8. The molecule has 0 bridgehead atoms. The average Bonchev–Trinajstić information content (AvgIpc) is 2.89. The fourth-order valence-corrected chi connectivity index (χ4v) is 3.96. The molecule has 0 fully saturated rings. The lowest BCUT2D eigenvalue weighted by Gasteiger charge is -2.15. The minimum Gasteiger partial charge on any atom is -0.496 e. The van der Waals surface area contributed by atoms with Crippen LogP contribution in [0, 0.1) is 6.92 Å². The van der Waals surface area contributed by atoms with Gasteiger partial charge in [0.2, 0.25) is 0 Å². The molecule has 0 aliphatic rings. The predicted octanol–water partition coefficient (Wildman–Crippen LogP) is 7.06. The third kappa shape index (κ3) is 5.29. The van der Waals surface area contributed by atoms with Crippen LogP contribution in [0.15, 0.2) is 91.0 Å². The van der Waals surface area contributed by atoms with Gasteiger partial charge in [-0.1, -0.05) is 67.6 Å². The van der Waals surface area contributed by atoms with Crippen molar-refractivity contribution in [1.29, 1.82) is 0 Å². The smallest absolute Gasteiger partial charge is 0.255 e. The third-order valence-electron chi connectivity index (χ3n) is 5.88. The second-order valence-electron chi connectivity index (χ2n) is 8.12. The molecule has 4 aromatic rings. The van der Waals surface area contributed by atoms with Crippen LogP contribution in [-0.4, -0.2) is 13.0 Å². The van der Waals surface area contributed by atoms with E-state index in [1.807, 2.05) is 79.7 Å². The molecule has 4 nitrogen and oxygen atoms in total. The topological polar surface area (TPSA) is 47.6 Å². The lowest BCUT2D eigenvalue weighted by Crippen LogP contribution is -2.15. The number of benzene rings is 4. The second-order valence-corrected chi connectivity index (χ2v) is 8.12. The molecular weight excluding hydrogens is 422 g/mol. The van der Waals surface area contributed by atoms with E-state index in [1.165, 1.54) is 0 Å². The molecule has 0 aliphatic heterocycles. The highest BCUT2D eigenvalue weighted by Gasteiger charge is 2.14. The molecular formula is C30H29NO3. The van der Waals surface area contributed by atoms with E-state index >= 15 is 0 Å². The Balaban J connectivity index is 1.49. The standard InChI is InChI=1S/C30H29NO3/c1-4-22-12-8-9-21(2)29(22)31-30(32)25-15-18-28(33-3)26(19-25)20-34-27-16-13-24(14-17-27)23-10-6-5-7-11-23/h5-19H,4,20H2,1-3H3,(H,31,32). The Kier molecular flexibility index (Phi) is 7.28. The Morgan fingerprint density at radius 1 is 0.824 bits per heavy atom. The first-order chi connectivity index (χ1) is 16.6. The number of methoxy groups -OCH3 is 1. The summed E-state index contributed by atoms with van der Waals surface area (Å²) in [6, 6.07) is 29.7. The third-order valence-corrected chi connectivity index (χ3v) is 5.88. The molecule has 0 atom stereocenters. The van der Waals surface area contributed by atoms with E-state index in [4.69, 9.17) is 9.47 Å². The lowest BCUT2D eigenvalue weighted by molar-refractivity contribution is 0.102. The molecule has 4 rings (SSSR count). The van der Waals surface area contributed by atoms with Gasteiger partial charge in [0.1, 0.15) is 18.1 Å². The summed E-state index contributed by atoms with van der Waals surface area (Å²) in [6.07, 6.45) is 0.849. The summed E-state index contributed by atoms with van der Waals surface area (Å²) in [5.74, 6) is 1.28. The fourth-order valence-electron chi connectivity index (χ4n) is 3.96. The first-order valence-corrected chi connectivity index (χ1v) is 11.4. The molecule has 34 heavy (non-hydrogen) atoms. The van der Waals surface area contributed by atoms with E-state index in [9.17, 15) is 4.79 Å². The van der Waals surface area contributed by atoms with Gasteiger partial charge in [-0.3, -0.25) is 4.79 Å². The van der Waals surface area contributed by atoms with Gasteiger partial charge >= 0.3 is 0 Å². The molecule has 0 aliphatic carbocycles. The van der Waals surface area contributed by atoms with Crippen molar-refractivity contribution in [2.24, 2.45) is 0 Å². The van der Waals surface area contributed by atoms with Crippen molar-refractivity contribution in [2.75, 3.05) is 12.4 Å². The number of hydrogen-bond donors (Lipinski definition) is 1. The molecule has 0 saturated heterocycles. The first-order valence-electron chi connectivity index (χ1n) is 11.4. The summed E-state index contributed by atoms with van der Waals surface area (Å²) >= 11 is 0. The van der Waals surface area contributed by atoms with Gasteiger partial charge < -0.3 is 14.8 Å². The molecule has 0 spiro atoms. The molecule has 4 aromatic carbocycles. The summed E-state index contributed by atoms with van der Waals surface area (Å²) in [5, 5.41) is 3.09. The zero-order chi connectivity index (χ0) is 23.9. The summed E-state index contributed by atoms with van der Waals surface area (Å²) in [7, 11) is 1.62. The number of carbonyl (C=O) groups is 1. The van der Waals surface area contributed by atoms with Crippen molar-refractivity contribution >= 4 is 11.6 Å². The number of para-hydroxylation sites is 1. The van der Waals surface area contributed by atoms with Crippen LogP contribution >= 0.6 is 0 Å². The Morgan fingerprint density at radius 3 is 2.26 bits per heavy atom. The highest BCUT2D eigenvalue weighted by atomic mass is 16.5. The van der Waals surface area contributed by atoms with E-state index < -0.39 is 0 Å². The van der Waals surface area contributed by atoms with Crippen molar-refractivity contribution < 1.29 is 14.3 Å². The fraction of sp³-hybridized carbons (Fsp3) is 0.167. The average molecular weight is 452 g/mol. The van der Waals surface area contributed by atoms with E-state index in [1.54, 1.807) is 13.2 Å². The molecule has 0 unspecified atom stereocenters. The number of anilines is 1. The maximum Gasteiger partial charge on any atom is 0.255 e. The largest absolute Gasteiger partial charge is 0.496 e. The molecule has 0 heterocycles. The number of rotatable bonds is 8. The maximum atomic E-state index is 13.0. The summed E-state index contributed by atoms with van der Waals surface area (Å²) in [5.41, 5.74) is 6.70. The lowest BCUT2D eigenvalue weighted by atomic mass is 10.0. The van der Waals surface area contributed by atoms with Gasteiger partial charge in [0.25, 0.3) is 5.91 Å². The maximum absolute atomic E-state index is 13.0. The van der Waals surface area contributed by atoms with Crippen LogP contribution < -0.4 is 14.8 Å². The summed E-state index contributed by atoms with van der Waals surface area (Å²) in [6.45, 7) is 4.38. The Labute approximate surface area is 201 Å². The van der Waals surface area contributed by atoms with Crippen LogP contribution in [0.1, 0.15) is 34.0 Å². The van der Waals surface area contributed by atoms with Gasteiger partial charge in [0, 0.05) is 16.8 Å². The first kappa shape index (κ1) is 23.1. The SMILES string of the molecule is CCc1cccc(C)c1NC(=O)c1ccc(OC)c(COc2ccc(-c3ccccc3)cc2)c1. The van der Waals surface area contributed by atoms with E-state index in [0.29, 0.717) is 17.9 Å². The van der Waals surface area contributed by atoms with Gasteiger partial charge in [-0.2, -0.15) is 0 Å². The number of ether oxygens (including phenoxy) is 2. The van der Waals surface area contributed by atoms with Gasteiger partial charge in [-0.25, -0.2) is 0 Å². The highest BCUT2D eigenvalue weighted by molar-refractivity contribution is 6.05. The summed E-state index contributed by atoms with van der Waals surface area (Å²) < 4.78 is 11.5. The predicted molar refractivity (Wildman–Crippen MR) is 138 cm³/mol. The minimum atomic E-state index is -0.153. The minimum absolute atomic E-state index is 0.153. The van der Waals surface area contributed by atoms with E-state index in [-0.39, 0.29) is 5.91 Å². The Bertz CT molecular complexity index is 1260. The van der Waals surface area contributed by atoms with Gasteiger partial charge in [0.15, 0.2) is 0 Å². The van der Waals surface area contributed by atoms with Crippen LogP contribution in [0.4, 0.5) is 5.69 Å². The number of aryl methyl sites for hydroxylation is 2. The Morgan fingerprint density at radius 2 is 1.56 bits per heavy atom. The van der Waals surface area contributed by atoms with Crippen LogP contribution in [0.25, 0.3) is 11.1 Å². The van der Waals surface area contributed by atoms with Crippen molar-refractivity contribution in [2.45, 2.75) is 26.9 Å². The van der Waals surface area contributed by atoms with Gasteiger partial charge in [0.05, 0.1) is 7.11 Å². The second kappa shape index (κ2) is 10.7. The molecule has 0 aromatic heterocycles. The Hall–Kier alpha value is -4.05. The van der Waals surface area contributed by atoms with Gasteiger partial charge in [-0.05, 0) is 65.9 Å². The van der Waals surface area contributed by atoms with Crippen LogP contribution in [0.3, 0.4) is 0 Å². The molecule has 0 radical (unpaired) electrons. The normalized spacial score (nSPS) is 10.6. The van der Waals surface area contributed by atoms with Crippen molar-refractivity contribution in [3.05, 3.63) is 113 Å². The van der Waals surface area contributed by atoms with E-state index in [2.05, 4.69) is 24.4 Å². The highest BCUT2D eigenvalue weighted by Crippen LogP contribution is 2.26. The quantitative estimate of drug-likeness (QED) is 0.312. The zero-order valence-corrected chi connectivity index (χ0v) is 19.8. The van der Waals surface area contributed by atoms with Crippen molar-refractivity contribution in [1.82, 2.24) is 0 Å². The molecule has 4 heteroatoms.